The molecular weight excluding hydrogens is 254 g/mol. The molecule has 0 bridgehead atoms. The van der Waals surface area contributed by atoms with Gasteiger partial charge in [-0.25, -0.2) is 8.78 Å². The van der Waals surface area contributed by atoms with Crippen LogP contribution in [0.2, 0.25) is 0 Å². The summed E-state index contributed by atoms with van der Waals surface area (Å²) in [4.78, 5) is 0. The fourth-order valence-corrected chi connectivity index (χ4v) is 2.42. The van der Waals surface area contributed by atoms with Crippen LogP contribution in [-0.4, -0.2) is 0 Å². The molecule has 0 amide bonds. The van der Waals surface area contributed by atoms with E-state index in [0.29, 0.717) is 6.54 Å². The highest BCUT2D eigenvalue weighted by molar-refractivity contribution is 7.08. The molecule has 0 fully saturated rings. The first kappa shape index (κ1) is 12.5. The van der Waals surface area contributed by atoms with E-state index < -0.39 is 11.6 Å². The number of nitrogens with zero attached hydrogens (tertiary/aromatic N) is 1. The van der Waals surface area contributed by atoms with E-state index in [2.05, 4.69) is 5.32 Å². The Morgan fingerprint density at radius 2 is 1.94 bits per heavy atom. The standard InChI is InChI=1S/C13H10F2N2S/c1-8-6-18-7-10(8)5-17-13-11(14)2-9(4-16)3-12(13)15/h2-3,6-7,17H,5H2,1H3. The second-order valence-corrected chi connectivity index (χ2v) is 4.60. The quantitative estimate of drug-likeness (QED) is 0.914. The number of benzene rings is 1. The molecule has 1 heterocycles. The molecule has 1 N–H and O–H groups in total. The Bertz CT molecular complexity index is 591. The average Bonchev–Trinajstić information content (AvgIpc) is 2.73. The van der Waals surface area contributed by atoms with Gasteiger partial charge in [-0.2, -0.15) is 16.6 Å². The van der Waals surface area contributed by atoms with Crippen molar-refractivity contribution in [1.29, 1.82) is 5.26 Å². The average molecular weight is 264 g/mol. The van der Waals surface area contributed by atoms with Crippen LogP contribution in [0.5, 0.6) is 0 Å². The lowest BCUT2D eigenvalue weighted by Crippen LogP contribution is -2.04. The molecule has 2 rings (SSSR count). The third-order valence-corrected chi connectivity index (χ3v) is 3.50. The van der Waals surface area contributed by atoms with Crippen LogP contribution >= 0.6 is 11.3 Å². The van der Waals surface area contributed by atoms with E-state index in [1.54, 1.807) is 17.4 Å². The van der Waals surface area contributed by atoms with Crippen LogP contribution in [-0.2, 0) is 6.54 Å². The van der Waals surface area contributed by atoms with Gasteiger partial charge in [-0.1, -0.05) is 0 Å². The largest absolute Gasteiger partial charge is 0.376 e. The van der Waals surface area contributed by atoms with Crippen LogP contribution < -0.4 is 5.32 Å². The Hall–Kier alpha value is -1.93. The third kappa shape index (κ3) is 2.49. The molecule has 0 atom stereocenters. The molecule has 92 valence electrons. The number of nitriles is 1. The zero-order valence-electron chi connectivity index (χ0n) is 9.63. The molecule has 0 spiro atoms. The summed E-state index contributed by atoms with van der Waals surface area (Å²) >= 11 is 1.55. The summed E-state index contributed by atoms with van der Waals surface area (Å²) in [5.74, 6) is -1.50. The van der Waals surface area contributed by atoms with E-state index in [1.165, 1.54) is 0 Å². The molecule has 0 saturated carbocycles. The molecule has 5 heteroatoms. The highest BCUT2D eigenvalue weighted by Gasteiger charge is 2.11. The van der Waals surface area contributed by atoms with Gasteiger partial charge in [0.1, 0.15) is 5.69 Å². The molecule has 2 nitrogen and oxygen atoms in total. The molecule has 0 radical (unpaired) electrons. The molecule has 18 heavy (non-hydrogen) atoms. The van der Waals surface area contributed by atoms with Gasteiger partial charge in [0.15, 0.2) is 11.6 Å². The van der Waals surface area contributed by atoms with Gasteiger partial charge in [0.25, 0.3) is 0 Å². The van der Waals surface area contributed by atoms with Crippen LogP contribution in [0.25, 0.3) is 0 Å². The Kier molecular flexibility index (Phi) is 3.58. The predicted octanol–water partition coefficient (Wildman–Crippen LogP) is 3.82. The molecule has 0 aliphatic carbocycles. The SMILES string of the molecule is Cc1cscc1CNc1c(F)cc(C#N)cc1F. The molecular formula is C13H10F2N2S. The monoisotopic (exact) mass is 264 g/mol. The lowest BCUT2D eigenvalue weighted by atomic mass is 10.2. The number of nitrogens with one attached hydrogen (secondary N) is 1. The second-order valence-electron chi connectivity index (χ2n) is 3.86. The Morgan fingerprint density at radius 1 is 1.28 bits per heavy atom. The topological polar surface area (TPSA) is 35.8 Å². The van der Waals surface area contributed by atoms with Crippen molar-refractivity contribution in [2.24, 2.45) is 0 Å². The fourth-order valence-electron chi connectivity index (χ4n) is 1.56. The van der Waals surface area contributed by atoms with Gasteiger partial charge in [-0.05, 0) is 40.9 Å². The van der Waals surface area contributed by atoms with Gasteiger partial charge < -0.3 is 5.32 Å². The zero-order valence-corrected chi connectivity index (χ0v) is 10.4. The summed E-state index contributed by atoms with van der Waals surface area (Å²) < 4.78 is 27.2. The summed E-state index contributed by atoms with van der Waals surface area (Å²) in [7, 11) is 0. The lowest BCUT2D eigenvalue weighted by molar-refractivity contribution is 0.587. The number of thiophene rings is 1. The molecule has 0 unspecified atom stereocenters. The third-order valence-electron chi connectivity index (χ3n) is 2.59. The molecule has 1 aromatic heterocycles. The number of aryl methyl sites for hydroxylation is 1. The van der Waals surface area contributed by atoms with Crippen LogP contribution in [0.4, 0.5) is 14.5 Å². The predicted molar refractivity (Wildman–Crippen MR) is 67.5 cm³/mol. The molecule has 0 saturated heterocycles. The van der Waals surface area contributed by atoms with Gasteiger partial charge in [0.2, 0.25) is 0 Å². The minimum atomic E-state index is -0.751. The maximum absolute atomic E-state index is 13.6. The van der Waals surface area contributed by atoms with Crippen LogP contribution in [0, 0.1) is 29.9 Å². The second kappa shape index (κ2) is 5.15. The Balaban J connectivity index is 2.20. The summed E-state index contributed by atoms with van der Waals surface area (Å²) in [6.07, 6.45) is 0. The first-order valence-electron chi connectivity index (χ1n) is 5.26. The summed E-state index contributed by atoms with van der Waals surface area (Å²) in [5, 5.41) is 15.2. The van der Waals surface area contributed by atoms with E-state index in [1.807, 2.05) is 17.7 Å². The van der Waals surface area contributed by atoms with Crippen molar-refractivity contribution in [3.05, 3.63) is 51.2 Å². The molecule has 0 aliphatic heterocycles. The van der Waals surface area contributed by atoms with E-state index in [0.717, 1.165) is 23.3 Å². The zero-order chi connectivity index (χ0) is 13.1. The number of rotatable bonds is 3. The van der Waals surface area contributed by atoms with Crippen molar-refractivity contribution in [1.82, 2.24) is 0 Å². The van der Waals surface area contributed by atoms with Crippen molar-refractivity contribution in [2.45, 2.75) is 13.5 Å². The van der Waals surface area contributed by atoms with Gasteiger partial charge in [0, 0.05) is 6.54 Å². The summed E-state index contributed by atoms with van der Waals surface area (Å²) in [5.41, 5.74) is 1.87. The van der Waals surface area contributed by atoms with E-state index in [4.69, 9.17) is 5.26 Å². The molecule has 1 aromatic carbocycles. The van der Waals surface area contributed by atoms with E-state index in [-0.39, 0.29) is 11.3 Å². The summed E-state index contributed by atoms with van der Waals surface area (Å²) in [6, 6.07) is 3.75. The van der Waals surface area contributed by atoms with Crippen molar-refractivity contribution >= 4 is 17.0 Å². The van der Waals surface area contributed by atoms with E-state index in [9.17, 15) is 8.78 Å². The van der Waals surface area contributed by atoms with Gasteiger partial charge in [-0.15, -0.1) is 0 Å². The van der Waals surface area contributed by atoms with Gasteiger partial charge >= 0.3 is 0 Å². The molecule has 0 aliphatic rings. The van der Waals surface area contributed by atoms with Crippen molar-refractivity contribution < 1.29 is 8.78 Å². The summed E-state index contributed by atoms with van der Waals surface area (Å²) in [6.45, 7) is 2.30. The Labute approximate surface area is 107 Å². The Morgan fingerprint density at radius 3 is 2.44 bits per heavy atom. The van der Waals surface area contributed by atoms with Crippen LogP contribution in [0.1, 0.15) is 16.7 Å². The number of anilines is 1. The smallest absolute Gasteiger partial charge is 0.150 e. The van der Waals surface area contributed by atoms with Gasteiger partial charge in [-0.3, -0.25) is 0 Å². The minimum absolute atomic E-state index is 0.0257. The van der Waals surface area contributed by atoms with Crippen molar-refractivity contribution in [2.75, 3.05) is 5.32 Å². The maximum Gasteiger partial charge on any atom is 0.150 e. The first-order valence-corrected chi connectivity index (χ1v) is 6.20. The molecule has 2 aromatic rings. The fraction of sp³-hybridized carbons (Fsp3) is 0.154. The van der Waals surface area contributed by atoms with Crippen molar-refractivity contribution in [3.63, 3.8) is 0 Å². The normalized spacial score (nSPS) is 10.1. The highest BCUT2D eigenvalue weighted by atomic mass is 32.1. The van der Waals surface area contributed by atoms with Gasteiger partial charge in [0.05, 0.1) is 11.6 Å². The van der Waals surface area contributed by atoms with Crippen molar-refractivity contribution in [3.8, 4) is 6.07 Å². The highest BCUT2D eigenvalue weighted by Crippen LogP contribution is 2.22. The maximum atomic E-state index is 13.6. The lowest BCUT2D eigenvalue weighted by Gasteiger charge is -2.09. The minimum Gasteiger partial charge on any atom is -0.376 e. The van der Waals surface area contributed by atoms with E-state index >= 15 is 0 Å². The van der Waals surface area contributed by atoms with Crippen LogP contribution in [0.3, 0.4) is 0 Å². The first-order chi connectivity index (χ1) is 8.61. The number of halogens is 2. The number of hydrogen-bond acceptors (Lipinski definition) is 3. The number of hydrogen-bond donors (Lipinski definition) is 1. The van der Waals surface area contributed by atoms with Crippen LogP contribution in [0.15, 0.2) is 22.9 Å².